The van der Waals surface area contributed by atoms with Crippen LogP contribution in [0, 0.1) is 0 Å². The molecule has 2 aromatic rings. The van der Waals surface area contributed by atoms with Gasteiger partial charge in [0, 0.05) is 36.7 Å². The van der Waals surface area contributed by atoms with Crippen molar-refractivity contribution in [3.63, 3.8) is 0 Å². The highest BCUT2D eigenvalue weighted by atomic mass is 16.1. The largest absolute Gasteiger partial charge is 0.399 e. The van der Waals surface area contributed by atoms with E-state index >= 15 is 0 Å². The molecule has 0 saturated heterocycles. The summed E-state index contributed by atoms with van der Waals surface area (Å²) in [6, 6.07) is 7.17. The summed E-state index contributed by atoms with van der Waals surface area (Å²) in [6.45, 7) is 0.796. The second kappa shape index (κ2) is 5.86. The van der Waals surface area contributed by atoms with E-state index in [9.17, 15) is 4.79 Å². The number of carbonyl (C=O) groups excluding carboxylic acids is 1. The lowest BCUT2D eigenvalue weighted by molar-refractivity contribution is -0.116. The fraction of sp³-hybridized carbons (Fsp3) is 0.231. The SMILES string of the molecule is Nc1cccc(NC(=O)CCCn2ccnc2)c1. The molecular formula is C13H16N4O. The van der Waals surface area contributed by atoms with Crippen LogP contribution in [-0.2, 0) is 11.3 Å². The van der Waals surface area contributed by atoms with Crippen LogP contribution in [0.4, 0.5) is 11.4 Å². The zero-order valence-corrected chi connectivity index (χ0v) is 10.0. The van der Waals surface area contributed by atoms with Crippen molar-refractivity contribution in [3.05, 3.63) is 43.0 Å². The number of carbonyl (C=O) groups is 1. The first kappa shape index (κ1) is 12.2. The van der Waals surface area contributed by atoms with Gasteiger partial charge in [-0.3, -0.25) is 4.79 Å². The molecule has 5 heteroatoms. The third-order valence-corrected chi connectivity index (χ3v) is 2.55. The number of nitrogens with zero attached hydrogens (tertiary/aromatic N) is 2. The number of benzene rings is 1. The van der Waals surface area contributed by atoms with Crippen molar-refractivity contribution in [2.24, 2.45) is 0 Å². The van der Waals surface area contributed by atoms with Gasteiger partial charge >= 0.3 is 0 Å². The van der Waals surface area contributed by atoms with E-state index in [4.69, 9.17) is 5.73 Å². The molecule has 0 spiro atoms. The summed E-state index contributed by atoms with van der Waals surface area (Å²) >= 11 is 0. The molecule has 5 nitrogen and oxygen atoms in total. The lowest BCUT2D eigenvalue weighted by atomic mass is 10.2. The lowest BCUT2D eigenvalue weighted by Gasteiger charge is -2.06. The maximum Gasteiger partial charge on any atom is 0.224 e. The molecule has 1 aromatic heterocycles. The fourth-order valence-corrected chi connectivity index (χ4v) is 1.68. The predicted molar refractivity (Wildman–Crippen MR) is 70.9 cm³/mol. The van der Waals surface area contributed by atoms with Gasteiger partial charge in [0.05, 0.1) is 6.33 Å². The van der Waals surface area contributed by atoms with Crippen molar-refractivity contribution in [1.29, 1.82) is 0 Å². The predicted octanol–water partition coefficient (Wildman–Crippen LogP) is 1.88. The molecular weight excluding hydrogens is 228 g/mol. The van der Waals surface area contributed by atoms with Crippen LogP contribution in [0.2, 0.25) is 0 Å². The van der Waals surface area contributed by atoms with E-state index < -0.39 is 0 Å². The average Bonchev–Trinajstić information content (AvgIpc) is 2.82. The molecule has 94 valence electrons. The zero-order valence-electron chi connectivity index (χ0n) is 10.0. The Hall–Kier alpha value is -2.30. The zero-order chi connectivity index (χ0) is 12.8. The first-order valence-electron chi connectivity index (χ1n) is 5.85. The van der Waals surface area contributed by atoms with Crippen LogP contribution in [0.3, 0.4) is 0 Å². The topological polar surface area (TPSA) is 72.9 Å². The van der Waals surface area contributed by atoms with Crippen molar-refractivity contribution in [1.82, 2.24) is 9.55 Å². The monoisotopic (exact) mass is 244 g/mol. The van der Waals surface area contributed by atoms with Gasteiger partial charge in [-0.2, -0.15) is 0 Å². The molecule has 0 radical (unpaired) electrons. The number of nitrogen functional groups attached to an aromatic ring is 1. The molecule has 0 atom stereocenters. The quantitative estimate of drug-likeness (QED) is 0.789. The normalized spacial score (nSPS) is 10.2. The first-order chi connectivity index (χ1) is 8.74. The molecule has 0 fully saturated rings. The molecule has 3 N–H and O–H groups in total. The average molecular weight is 244 g/mol. The van der Waals surface area contributed by atoms with Gasteiger partial charge in [-0.15, -0.1) is 0 Å². The van der Waals surface area contributed by atoms with Crippen molar-refractivity contribution < 1.29 is 4.79 Å². The van der Waals surface area contributed by atoms with E-state index in [0.29, 0.717) is 12.1 Å². The van der Waals surface area contributed by atoms with E-state index in [-0.39, 0.29) is 5.91 Å². The highest BCUT2D eigenvalue weighted by molar-refractivity contribution is 5.91. The summed E-state index contributed by atoms with van der Waals surface area (Å²) in [5.41, 5.74) is 7.02. The summed E-state index contributed by atoms with van der Waals surface area (Å²) in [5, 5.41) is 2.82. The minimum atomic E-state index is 0.000662. The Morgan fingerprint density at radius 1 is 1.44 bits per heavy atom. The second-order valence-corrected chi connectivity index (χ2v) is 4.08. The number of anilines is 2. The van der Waals surface area contributed by atoms with E-state index in [2.05, 4.69) is 10.3 Å². The highest BCUT2D eigenvalue weighted by Crippen LogP contribution is 2.12. The van der Waals surface area contributed by atoms with Crippen LogP contribution in [-0.4, -0.2) is 15.5 Å². The summed E-state index contributed by atoms with van der Waals surface area (Å²) in [7, 11) is 0. The molecule has 2 rings (SSSR count). The van der Waals surface area contributed by atoms with Crippen LogP contribution < -0.4 is 11.1 Å². The first-order valence-corrected chi connectivity index (χ1v) is 5.85. The minimum absolute atomic E-state index is 0.000662. The maximum atomic E-state index is 11.7. The number of nitrogens with two attached hydrogens (primary N) is 1. The van der Waals surface area contributed by atoms with E-state index in [1.54, 1.807) is 24.7 Å². The summed E-state index contributed by atoms with van der Waals surface area (Å²) in [5.74, 6) is 0.000662. The van der Waals surface area contributed by atoms with Gasteiger partial charge in [-0.25, -0.2) is 4.98 Å². The molecule has 0 saturated carbocycles. The standard InChI is InChI=1S/C13H16N4O/c14-11-3-1-4-12(9-11)16-13(18)5-2-7-17-8-6-15-10-17/h1,3-4,6,8-10H,2,5,7,14H2,(H,16,18). The van der Waals surface area contributed by atoms with Gasteiger partial charge in [0.15, 0.2) is 0 Å². The summed E-state index contributed by atoms with van der Waals surface area (Å²) in [4.78, 5) is 15.6. The number of amides is 1. The number of hydrogen-bond acceptors (Lipinski definition) is 3. The minimum Gasteiger partial charge on any atom is -0.399 e. The lowest BCUT2D eigenvalue weighted by Crippen LogP contribution is -2.12. The van der Waals surface area contributed by atoms with Crippen LogP contribution >= 0.6 is 0 Å². The van der Waals surface area contributed by atoms with Gasteiger partial charge in [-0.05, 0) is 24.6 Å². The second-order valence-electron chi connectivity index (χ2n) is 4.08. The van der Waals surface area contributed by atoms with Crippen molar-refractivity contribution in [3.8, 4) is 0 Å². The Morgan fingerprint density at radius 2 is 2.33 bits per heavy atom. The van der Waals surface area contributed by atoms with E-state index in [0.717, 1.165) is 18.7 Å². The molecule has 1 aromatic carbocycles. The van der Waals surface area contributed by atoms with Crippen molar-refractivity contribution in [2.75, 3.05) is 11.1 Å². The van der Waals surface area contributed by atoms with E-state index in [1.807, 2.05) is 22.9 Å². The van der Waals surface area contributed by atoms with Crippen LogP contribution in [0.5, 0.6) is 0 Å². The van der Waals surface area contributed by atoms with Gasteiger partial charge in [0.2, 0.25) is 5.91 Å². The number of aromatic nitrogens is 2. The fourth-order valence-electron chi connectivity index (χ4n) is 1.68. The van der Waals surface area contributed by atoms with Gasteiger partial charge in [0.1, 0.15) is 0 Å². The van der Waals surface area contributed by atoms with Gasteiger partial charge in [-0.1, -0.05) is 6.07 Å². The highest BCUT2D eigenvalue weighted by Gasteiger charge is 2.02. The summed E-state index contributed by atoms with van der Waals surface area (Å²) < 4.78 is 1.95. The molecule has 18 heavy (non-hydrogen) atoms. The van der Waals surface area contributed by atoms with Gasteiger partial charge < -0.3 is 15.6 Å². The molecule has 1 amide bonds. The number of rotatable bonds is 5. The maximum absolute atomic E-state index is 11.7. The van der Waals surface area contributed by atoms with Crippen molar-refractivity contribution in [2.45, 2.75) is 19.4 Å². The molecule has 0 aliphatic carbocycles. The third kappa shape index (κ3) is 3.62. The molecule has 0 aliphatic rings. The van der Waals surface area contributed by atoms with E-state index in [1.165, 1.54) is 0 Å². The Labute approximate surface area is 106 Å². The van der Waals surface area contributed by atoms with Gasteiger partial charge in [0.25, 0.3) is 0 Å². The molecule has 1 heterocycles. The number of aryl methyl sites for hydroxylation is 1. The third-order valence-electron chi connectivity index (χ3n) is 2.55. The Kier molecular flexibility index (Phi) is 3.96. The Balaban J connectivity index is 1.75. The number of imidazole rings is 1. The summed E-state index contributed by atoms with van der Waals surface area (Å²) in [6.07, 6.45) is 6.62. The molecule has 0 unspecified atom stereocenters. The van der Waals surface area contributed by atoms with Crippen LogP contribution in [0.25, 0.3) is 0 Å². The molecule has 0 aliphatic heterocycles. The van der Waals surface area contributed by atoms with Crippen LogP contribution in [0.15, 0.2) is 43.0 Å². The Morgan fingerprint density at radius 3 is 3.06 bits per heavy atom. The van der Waals surface area contributed by atoms with Crippen molar-refractivity contribution >= 4 is 17.3 Å². The van der Waals surface area contributed by atoms with Crippen LogP contribution in [0.1, 0.15) is 12.8 Å². The Bertz CT molecular complexity index is 507. The smallest absolute Gasteiger partial charge is 0.224 e. The number of hydrogen-bond donors (Lipinski definition) is 2. The molecule has 0 bridgehead atoms. The number of nitrogens with one attached hydrogen (secondary N) is 1.